The minimum atomic E-state index is -0.161. The van der Waals surface area contributed by atoms with Gasteiger partial charge in [0.25, 0.3) is 0 Å². The van der Waals surface area contributed by atoms with Crippen molar-refractivity contribution < 1.29 is 9.47 Å². The quantitative estimate of drug-likeness (QED) is 0.390. The molecule has 0 amide bonds. The van der Waals surface area contributed by atoms with Gasteiger partial charge >= 0.3 is 0 Å². The first-order valence-corrected chi connectivity index (χ1v) is 8.83. The highest BCUT2D eigenvalue weighted by molar-refractivity contribution is 5.80. The molecule has 0 radical (unpaired) electrons. The van der Waals surface area contributed by atoms with Crippen molar-refractivity contribution >= 4 is 5.96 Å². The molecule has 5 nitrogen and oxygen atoms in total. The molecule has 0 aliphatic carbocycles. The van der Waals surface area contributed by atoms with Crippen LogP contribution >= 0.6 is 0 Å². The van der Waals surface area contributed by atoms with Gasteiger partial charge in [-0.1, -0.05) is 26.2 Å². The highest BCUT2D eigenvalue weighted by Crippen LogP contribution is 2.24. The van der Waals surface area contributed by atoms with Crippen molar-refractivity contribution in [2.24, 2.45) is 4.99 Å². The average Bonchev–Trinajstić information content (AvgIpc) is 2.54. The Labute approximate surface area is 136 Å². The molecule has 1 saturated heterocycles. The molecular weight excluding hydrogens is 278 g/mol. The van der Waals surface area contributed by atoms with Gasteiger partial charge in [-0.15, -0.1) is 0 Å². The average molecular weight is 313 g/mol. The Hall–Kier alpha value is -0.810. The van der Waals surface area contributed by atoms with E-state index in [0.29, 0.717) is 12.6 Å². The molecule has 1 fully saturated rings. The van der Waals surface area contributed by atoms with Crippen LogP contribution in [0.4, 0.5) is 0 Å². The summed E-state index contributed by atoms with van der Waals surface area (Å²) in [4.78, 5) is 4.76. The van der Waals surface area contributed by atoms with E-state index in [-0.39, 0.29) is 5.60 Å². The lowest BCUT2D eigenvalue weighted by Gasteiger charge is -2.34. The Balaban J connectivity index is 2.52. The molecule has 1 rings (SSSR count). The molecule has 0 aromatic heterocycles. The Bertz CT molecular complexity index is 315. The van der Waals surface area contributed by atoms with Crippen LogP contribution in [0.3, 0.4) is 0 Å². The van der Waals surface area contributed by atoms with Crippen LogP contribution in [-0.4, -0.2) is 51.0 Å². The minimum Gasteiger partial charge on any atom is -0.381 e. The number of unbranched alkanes of at least 4 members (excludes halogenated alkanes) is 2. The molecule has 1 unspecified atom stereocenters. The Morgan fingerprint density at radius 3 is 2.59 bits per heavy atom. The van der Waals surface area contributed by atoms with Crippen molar-refractivity contribution in [3.8, 4) is 0 Å². The summed E-state index contributed by atoms with van der Waals surface area (Å²) in [5, 5.41) is 6.85. The number of guanidine groups is 1. The van der Waals surface area contributed by atoms with Gasteiger partial charge in [0.2, 0.25) is 0 Å². The summed E-state index contributed by atoms with van der Waals surface area (Å²) in [6, 6.07) is 0.442. The van der Waals surface area contributed by atoms with E-state index in [4.69, 9.17) is 14.5 Å². The topological polar surface area (TPSA) is 54.9 Å². The number of hydrogen-bond acceptors (Lipinski definition) is 3. The molecule has 130 valence electrons. The molecule has 1 aliphatic heterocycles. The molecule has 5 heteroatoms. The van der Waals surface area contributed by atoms with Gasteiger partial charge in [0.05, 0.1) is 12.1 Å². The summed E-state index contributed by atoms with van der Waals surface area (Å²) < 4.78 is 11.2. The van der Waals surface area contributed by atoms with Crippen LogP contribution in [0.2, 0.25) is 0 Å². The number of nitrogens with one attached hydrogen (secondary N) is 2. The Kier molecular flexibility index (Phi) is 9.48. The molecule has 1 heterocycles. The summed E-state index contributed by atoms with van der Waals surface area (Å²) in [5.74, 6) is 0.898. The Morgan fingerprint density at radius 2 is 2.00 bits per heavy atom. The molecule has 2 N–H and O–H groups in total. The van der Waals surface area contributed by atoms with Crippen LogP contribution < -0.4 is 10.6 Å². The smallest absolute Gasteiger partial charge is 0.191 e. The van der Waals surface area contributed by atoms with Gasteiger partial charge in [-0.2, -0.15) is 0 Å². The third-order valence-electron chi connectivity index (χ3n) is 4.33. The second kappa shape index (κ2) is 10.8. The number of aliphatic imine (C=N–C) groups is 1. The first-order chi connectivity index (χ1) is 10.7. The maximum atomic E-state index is 5.75. The van der Waals surface area contributed by atoms with Crippen LogP contribution in [-0.2, 0) is 9.47 Å². The van der Waals surface area contributed by atoms with Crippen molar-refractivity contribution in [3.63, 3.8) is 0 Å². The highest BCUT2D eigenvalue weighted by atomic mass is 16.5. The third kappa shape index (κ3) is 6.97. The largest absolute Gasteiger partial charge is 0.381 e. The fourth-order valence-electron chi connectivity index (χ4n) is 2.72. The van der Waals surface area contributed by atoms with Crippen LogP contribution in [0.15, 0.2) is 4.99 Å². The van der Waals surface area contributed by atoms with Crippen molar-refractivity contribution in [2.75, 3.05) is 33.4 Å². The summed E-state index contributed by atoms with van der Waals surface area (Å²) in [5.41, 5.74) is -0.161. The minimum absolute atomic E-state index is 0.161. The van der Waals surface area contributed by atoms with E-state index in [2.05, 4.69) is 31.4 Å². The molecule has 0 aromatic carbocycles. The first-order valence-electron chi connectivity index (χ1n) is 8.83. The van der Waals surface area contributed by atoms with Gasteiger partial charge in [-0.3, -0.25) is 4.99 Å². The van der Waals surface area contributed by atoms with Crippen LogP contribution in [0, 0.1) is 0 Å². The summed E-state index contributed by atoms with van der Waals surface area (Å²) in [7, 11) is 1.79. The van der Waals surface area contributed by atoms with E-state index in [1.807, 2.05) is 0 Å². The SMILES string of the molecule is CCCCCC(C)NC(=NCC1(OC)CCOCC1)NCC. The Morgan fingerprint density at radius 1 is 1.27 bits per heavy atom. The van der Waals surface area contributed by atoms with E-state index in [1.165, 1.54) is 25.7 Å². The summed E-state index contributed by atoms with van der Waals surface area (Å²) in [6.45, 7) is 9.65. The molecule has 0 spiro atoms. The van der Waals surface area contributed by atoms with E-state index in [1.54, 1.807) is 7.11 Å². The summed E-state index contributed by atoms with van der Waals surface area (Å²) in [6.07, 6.45) is 6.84. The number of rotatable bonds is 9. The van der Waals surface area contributed by atoms with Crippen LogP contribution in [0.5, 0.6) is 0 Å². The van der Waals surface area contributed by atoms with E-state index in [9.17, 15) is 0 Å². The molecule has 0 saturated carbocycles. The van der Waals surface area contributed by atoms with Gasteiger partial charge in [0.15, 0.2) is 5.96 Å². The highest BCUT2D eigenvalue weighted by Gasteiger charge is 2.32. The molecule has 22 heavy (non-hydrogen) atoms. The maximum Gasteiger partial charge on any atom is 0.191 e. The van der Waals surface area contributed by atoms with E-state index < -0.39 is 0 Å². The zero-order valence-corrected chi connectivity index (χ0v) is 14.9. The predicted molar refractivity (Wildman–Crippen MR) is 92.5 cm³/mol. The maximum absolute atomic E-state index is 5.75. The number of ether oxygens (including phenoxy) is 2. The zero-order chi connectivity index (χ0) is 16.3. The molecule has 0 bridgehead atoms. The lowest BCUT2D eigenvalue weighted by atomic mass is 9.94. The van der Waals surface area contributed by atoms with Gasteiger partial charge in [0.1, 0.15) is 0 Å². The fraction of sp³-hybridized carbons (Fsp3) is 0.941. The van der Waals surface area contributed by atoms with E-state index >= 15 is 0 Å². The van der Waals surface area contributed by atoms with Gasteiger partial charge in [0, 0.05) is 45.8 Å². The van der Waals surface area contributed by atoms with Gasteiger partial charge in [-0.05, 0) is 20.3 Å². The lowest BCUT2D eigenvalue weighted by Crippen LogP contribution is -2.45. The third-order valence-corrected chi connectivity index (χ3v) is 4.33. The number of nitrogens with zero attached hydrogens (tertiary/aromatic N) is 1. The van der Waals surface area contributed by atoms with Crippen LogP contribution in [0.1, 0.15) is 59.3 Å². The first kappa shape index (κ1) is 19.2. The molecule has 1 atom stereocenters. The monoisotopic (exact) mass is 313 g/mol. The van der Waals surface area contributed by atoms with Crippen molar-refractivity contribution in [2.45, 2.75) is 70.9 Å². The second-order valence-electron chi connectivity index (χ2n) is 6.24. The zero-order valence-electron chi connectivity index (χ0n) is 14.9. The van der Waals surface area contributed by atoms with Crippen molar-refractivity contribution in [1.29, 1.82) is 0 Å². The summed E-state index contributed by atoms with van der Waals surface area (Å²) >= 11 is 0. The number of methoxy groups -OCH3 is 1. The fourth-order valence-corrected chi connectivity index (χ4v) is 2.72. The second-order valence-corrected chi connectivity index (χ2v) is 6.24. The number of hydrogen-bond donors (Lipinski definition) is 2. The van der Waals surface area contributed by atoms with Crippen LogP contribution in [0.25, 0.3) is 0 Å². The van der Waals surface area contributed by atoms with Crippen molar-refractivity contribution in [3.05, 3.63) is 0 Å². The van der Waals surface area contributed by atoms with E-state index in [0.717, 1.165) is 38.6 Å². The lowest BCUT2D eigenvalue weighted by molar-refractivity contribution is -0.0828. The molecular formula is C17H35N3O2. The normalized spacial score (nSPS) is 19.7. The molecule has 1 aliphatic rings. The standard InChI is InChI=1S/C17H35N3O2/c1-5-7-8-9-15(3)20-16(18-6-2)19-14-17(21-4)10-12-22-13-11-17/h15H,5-14H2,1-4H3,(H2,18,19,20). The van der Waals surface area contributed by atoms with Crippen molar-refractivity contribution in [1.82, 2.24) is 10.6 Å². The molecule has 0 aromatic rings. The predicted octanol–water partition coefficient (Wildman–Crippen LogP) is 2.71. The van der Waals surface area contributed by atoms with Gasteiger partial charge in [-0.25, -0.2) is 0 Å². The van der Waals surface area contributed by atoms with Gasteiger partial charge < -0.3 is 20.1 Å².